The van der Waals surface area contributed by atoms with Gasteiger partial charge < -0.3 is 19.7 Å². The summed E-state index contributed by atoms with van der Waals surface area (Å²) in [4.78, 5) is 4.58. The maximum atomic E-state index is 10.0. The lowest BCUT2D eigenvalue weighted by Crippen LogP contribution is -1.92. The van der Waals surface area contributed by atoms with Gasteiger partial charge in [-0.3, -0.25) is 0 Å². The van der Waals surface area contributed by atoms with E-state index >= 15 is 0 Å². The van der Waals surface area contributed by atoms with Gasteiger partial charge in [0.1, 0.15) is 11.5 Å². The zero-order valence-electron chi connectivity index (χ0n) is 11.8. The summed E-state index contributed by atoms with van der Waals surface area (Å²) >= 11 is 0. The predicted molar refractivity (Wildman–Crippen MR) is 81.4 cm³/mol. The first-order chi connectivity index (χ1) is 10.6. The summed E-state index contributed by atoms with van der Waals surface area (Å²) in [6, 6.07) is 9.99. The average Bonchev–Trinajstić information content (AvgIpc) is 2.95. The molecule has 0 atom stereocenters. The number of fused-ring (bicyclic) bond motifs is 2. The molecule has 5 nitrogen and oxygen atoms in total. The molecular weight excluding hydrogens is 282 g/mol. The molecule has 0 spiro atoms. The maximum absolute atomic E-state index is 10.0. The summed E-state index contributed by atoms with van der Waals surface area (Å²) in [5.74, 6) is 1.53. The van der Waals surface area contributed by atoms with Gasteiger partial charge in [0.2, 0.25) is 6.79 Å². The SMILES string of the molecule is Cc1cc(-c2cc(O)ccc2O)nc2cc3c(cc12)OCO3. The average molecular weight is 295 g/mol. The van der Waals surface area contributed by atoms with Crippen LogP contribution in [0.3, 0.4) is 0 Å². The van der Waals surface area contributed by atoms with Crippen LogP contribution in [0.5, 0.6) is 23.0 Å². The van der Waals surface area contributed by atoms with E-state index in [0.29, 0.717) is 22.8 Å². The first kappa shape index (κ1) is 12.8. The van der Waals surface area contributed by atoms with Crippen molar-refractivity contribution < 1.29 is 19.7 Å². The molecule has 110 valence electrons. The number of aryl methyl sites for hydroxylation is 1. The van der Waals surface area contributed by atoms with Crippen LogP contribution in [-0.4, -0.2) is 22.0 Å². The second kappa shape index (κ2) is 4.53. The van der Waals surface area contributed by atoms with Gasteiger partial charge in [-0.2, -0.15) is 0 Å². The van der Waals surface area contributed by atoms with E-state index in [1.54, 1.807) is 0 Å². The van der Waals surface area contributed by atoms with Crippen molar-refractivity contribution in [3.05, 3.63) is 42.0 Å². The number of ether oxygens (including phenoxy) is 2. The molecule has 0 aliphatic carbocycles. The monoisotopic (exact) mass is 295 g/mol. The summed E-state index contributed by atoms with van der Waals surface area (Å²) < 4.78 is 10.8. The Bertz CT molecular complexity index is 905. The Hall–Kier alpha value is -2.95. The first-order valence-electron chi connectivity index (χ1n) is 6.85. The summed E-state index contributed by atoms with van der Waals surface area (Å²) in [6.45, 7) is 2.18. The van der Waals surface area contributed by atoms with Crippen molar-refractivity contribution in [3.63, 3.8) is 0 Å². The maximum Gasteiger partial charge on any atom is 0.231 e. The van der Waals surface area contributed by atoms with Gasteiger partial charge in [0.15, 0.2) is 11.5 Å². The predicted octanol–water partition coefficient (Wildman–Crippen LogP) is 3.35. The van der Waals surface area contributed by atoms with Gasteiger partial charge in [0.05, 0.1) is 11.2 Å². The number of benzene rings is 2. The van der Waals surface area contributed by atoms with Crippen LogP contribution < -0.4 is 9.47 Å². The van der Waals surface area contributed by atoms with Crippen LogP contribution >= 0.6 is 0 Å². The van der Waals surface area contributed by atoms with Crippen molar-refractivity contribution in [2.24, 2.45) is 0 Å². The van der Waals surface area contributed by atoms with E-state index in [2.05, 4.69) is 4.98 Å². The summed E-state index contributed by atoms with van der Waals surface area (Å²) in [5, 5.41) is 20.6. The zero-order valence-corrected chi connectivity index (χ0v) is 11.8. The molecule has 1 aliphatic rings. The Morgan fingerprint density at radius 2 is 1.77 bits per heavy atom. The fourth-order valence-corrected chi connectivity index (χ4v) is 2.65. The number of phenolic OH excluding ortho intramolecular Hbond substituents is 2. The second-order valence-corrected chi connectivity index (χ2v) is 5.25. The quantitative estimate of drug-likeness (QED) is 0.674. The first-order valence-corrected chi connectivity index (χ1v) is 6.85. The Morgan fingerprint density at radius 1 is 1.00 bits per heavy atom. The molecule has 1 aliphatic heterocycles. The van der Waals surface area contributed by atoms with Gasteiger partial charge in [0.25, 0.3) is 0 Å². The number of nitrogens with zero attached hydrogens (tertiary/aromatic N) is 1. The largest absolute Gasteiger partial charge is 0.508 e. The molecule has 22 heavy (non-hydrogen) atoms. The van der Waals surface area contributed by atoms with Crippen molar-refractivity contribution in [2.75, 3.05) is 6.79 Å². The zero-order chi connectivity index (χ0) is 15.3. The third kappa shape index (κ3) is 1.90. The minimum absolute atomic E-state index is 0.0739. The highest BCUT2D eigenvalue weighted by Crippen LogP contribution is 2.38. The van der Waals surface area contributed by atoms with Gasteiger partial charge in [-0.25, -0.2) is 4.98 Å². The van der Waals surface area contributed by atoms with Crippen LogP contribution in [0.4, 0.5) is 0 Å². The molecule has 2 aromatic carbocycles. The molecule has 0 fully saturated rings. The lowest BCUT2D eigenvalue weighted by Gasteiger charge is -2.09. The number of rotatable bonds is 1. The molecule has 1 aromatic heterocycles. The van der Waals surface area contributed by atoms with Crippen molar-refractivity contribution in [1.29, 1.82) is 0 Å². The Balaban J connectivity index is 1.96. The normalized spacial score (nSPS) is 12.8. The standard InChI is InChI=1S/C17H13NO4/c1-9-4-13(12-5-10(19)2-3-15(12)20)18-14-7-17-16(6-11(9)14)21-8-22-17/h2-7,19-20H,8H2,1H3. The summed E-state index contributed by atoms with van der Waals surface area (Å²) in [5.41, 5.74) is 2.84. The van der Waals surface area contributed by atoms with Gasteiger partial charge in [-0.1, -0.05) is 0 Å². The van der Waals surface area contributed by atoms with Gasteiger partial charge in [-0.05, 0) is 42.8 Å². The number of hydrogen-bond donors (Lipinski definition) is 2. The van der Waals surface area contributed by atoms with Crippen LogP contribution in [0.15, 0.2) is 36.4 Å². The molecule has 5 heteroatoms. The third-order valence-electron chi connectivity index (χ3n) is 3.77. The van der Waals surface area contributed by atoms with Crippen molar-refractivity contribution >= 4 is 10.9 Å². The molecule has 0 radical (unpaired) electrons. The third-order valence-corrected chi connectivity index (χ3v) is 3.77. The lowest BCUT2D eigenvalue weighted by molar-refractivity contribution is 0.174. The number of hydrogen-bond acceptors (Lipinski definition) is 5. The molecule has 2 heterocycles. The van der Waals surface area contributed by atoms with E-state index in [-0.39, 0.29) is 18.3 Å². The van der Waals surface area contributed by atoms with Crippen LogP contribution in [0.25, 0.3) is 22.2 Å². The molecule has 0 saturated carbocycles. The van der Waals surface area contributed by atoms with Gasteiger partial charge in [0, 0.05) is 17.0 Å². The Morgan fingerprint density at radius 3 is 2.59 bits per heavy atom. The topological polar surface area (TPSA) is 71.8 Å². The molecule has 0 saturated heterocycles. The number of aromatic hydroxyl groups is 2. The molecular formula is C17H13NO4. The van der Waals surface area contributed by atoms with Crippen molar-refractivity contribution in [2.45, 2.75) is 6.92 Å². The number of aromatic nitrogens is 1. The van der Waals surface area contributed by atoms with Gasteiger partial charge in [-0.15, -0.1) is 0 Å². The van der Waals surface area contributed by atoms with E-state index in [4.69, 9.17) is 9.47 Å². The summed E-state index contributed by atoms with van der Waals surface area (Å²) in [6.07, 6.45) is 0. The number of phenols is 2. The van der Waals surface area contributed by atoms with E-state index in [1.165, 1.54) is 18.2 Å². The lowest BCUT2D eigenvalue weighted by atomic mass is 10.0. The molecule has 0 unspecified atom stereocenters. The van der Waals surface area contributed by atoms with Crippen LogP contribution in [-0.2, 0) is 0 Å². The van der Waals surface area contributed by atoms with Crippen molar-refractivity contribution in [3.8, 4) is 34.3 Å². The molecule has 2 N–H and O–H groups in total. The Labute approximate surface area is 126 Å². The molecule has 4 rings (SSSR count). The Kier molecular flexibility index (Phi) is 2.63. The van der Waals surface area contributed by atoms with E-state index in [0.717, 1.165) is 16.5 Å². The highest BCUT2D eigenvalue weighted by Gasteiger charge is 2.17. The van der Waals surface area contributed by atoms with E-state index in [9.17, 15) is 10.2 Å². The van der Waals surface area contributed by atoms with Crippen LogP contribution in [0, 0.1) is 6.92 Å². The highest BCUT2D eigenvalue weighted by molar-refractivity contribution is 5.88. The van der Waals surface area contributed by atoms with E-state index < -0.39 is 0 Å². The minimum Gasteiger partial charge on any atom is -0.508 e. The fraction of sp³-hybridized carbons (Fsp3) is 0.118. The smallest absolute Gasteiger partial charge is 0.231 e. The van der Waals surface area contributed by atoms with Gasteiger partial charge >= 0.3 is 0 Å². The van der Waals surface area contributed by atoms with Crippen LogP contribution in [0.1, 0.15) is 5.56 Å². The molecule has 0 bridgehead atoms. The molecule has 0 amide bonds. The fourth-order valence-electron chi connectivity index (χ4n) is 2.65. The van der Waals surface area contributed by atoms with E-state index in [1.807, 2.05) is 25.1 Å². The van der Waals surface area contributed by atoms with Crippen LogP contribution in [0.2, 0.25) is 0 Å². The minimum atomic E-state index is 0.0739. The van der Waals surface area contributed by atoms with Crippen molar-refractivity contribution in [1.82, 2.24) is 4.98 Å². The number of pyridine rings is 1. The summed E-state index contributed by atoms with van der Waals surface area (Å²) in [7, 11) is 0. The second-order valence-electron chi connectivity index (χ2n) is 5.25. The highest BCUT2D eigenvalue weighted by atomic mass is 16.7. The molecule has 3 aromatic rings.